The van der Waals surface area contributed by atoms with Gasteiger partial charge in [0.15, 0.2) is 5.52 Å². The molecule has 0 bridgehead atoms. The van der Waals surface area contributed by atoms with E-state index in [2.05, 4.69) is 100 Å². The third kappa shape index (κ3) is 2.81. The fourth-order valence-corrected chi connectivity index (χ4v) is 5.88. The van der Waals surface area contributed by atoms with Crippen molar-refractivity contribution in [2.75, 3.05) is 0 Å². The summed E-state index contributed by atoms with van der Waals surface area (Å²) in [5, 5.41) is 5.28. The average Bonchev–Trinajstić information content (AvgIpc) is 3.08. The van der Waals surface area contributed by atoms with E-state index >= 15 is 0 Å². The molecule has 0 aliphatic carbocycles. The molecule has 0 fully saturated rings. The first kappa shape index (κ1) is 20.4. The Morgan fingerprint density at radius 1 is 0.970 bits per heavy atom. The third-order valence-electron chi connectivity index (χ3n) is 7.14. The fraction of sp³-hybridized carbons (Fsp3) is 0.333. The molecule has 6 rings (SSSR count). The van der Waals surface area contributed by atoms with Gasteiger partial charge in [-0.3, -0.25) is 0 Å². The van der Waals surface area contributed by atoms with Gasteiger partial charge in [0.1, 0.15) is 5.52 Å². The van der Waals surface area contributed by atoms with Gasteiger partial charge in [-0.05, 0) is 58.5 Å². The quantitative estimate of drug-likeness (QED) is 0.160. The minimum Gasteiger partial charge on any atom is -0.307 e. The Hall–Kier alpha value is -3.20. The number of aromatic nitrogens is 3. The van der Waals surface area contributed by atoms with E-state index < -0.39 is 0 Å². The highest BCUT2D eigenvalue weighted by Crippen LogP contribution is 2.42. The number of fused-ring (bicyclic) bond motifs is 5. The minimum atomic E-state index is 0.211. The Bertz CT molecular complexity index is 1710. The topological polar surface area (TPSA) is 21.2 Å². The Morgan fingerprint density at radius 3 is 2.45 bits per heavy atom. The van der Waals surface area contributed by atoms with Gasteiger partial charge < -0.3 is 4.40 Å². The molecule has 3 nitrogen and oxygen atoms in total. The summed E-state index contributed by atoms with van der Waals surface area (Å²) in [7, 11) is 2.13. The van der Waals surface area contributed by atoms with Crippen molar-refractivity contribution in [3.05, 3.63) is 65.5 Å². The molecular formula is C30H32N3+. The van der Waals surface area contributed by atoms with Crippen LogP contribution in [0, 0.1) is 12.3 Å². The molecule has 33 heavy (non-hydrogen) atoms. The van der Waals surface area contributed by atoms with Gasteiger partial charge in [-0.1, -0.05) is 65.0 Å². The third-order valence-corrected chi connectivity index (χ3v) is 7.14. The lowest BCUT2D eigenvalue weighted by Crippen LogP contribution is -2.30. The molecule has 0 unspecified atom stereocenters. The van der Waals surface area contributed by atoms with E-state index in [1.54, 1.807) is 0 Å². The summed E-state index contributed by atoms with van der Waals surface area (Å²) in [6.45, 7) is 13.8. The van der Waals surface area contributed by atoms with Crippen LogP contribution in [0.25, 0.3) is 49.1 Å². The van der Waals surface area contributed by atoms with Crippen LogP contribution in [0.1, 0.15) is 57.2 Å². The smallest absolute Gasteiger partial charge is 0.287 e. The van der Waals surface area contributed by atoms with Crippen molar-refractivity contribution in [3.8, 4) is 0 Å². The Kier molecular flexibility index (Phi) is 4.12. The summed E-state index contributed by atoms with van der Waals surface area (Å²) in [5.74, 6) is 0.443. The molecule has 0 spiro atoms. The van der Waals surface area contributed by atoms with Gasteiger partial charge in [0.05, 0.1) is 29.0 Å². The average molecular weight is 435 g/mol. The second kappa shape index (κ2) is 6.66. The zero-order valence-electron chi connectivity index (χ0n) is 20.7. The van der Waals surface area contributed by atoms with Crippen molar-refractivity contribution in [3.63, 3.8) is 0 Å². The zero-order chi connectivity index (χ0) is 23.2. The number of para-hydroxylation sites is 1. The van der Waals surface area contributed by atoms with E-state index in [9.17, 15) is 0 Å². The molecule has 6 aromatic rings. The molecule has 0 amide bonds. The highest BCUT2D eigenvalue weighted by molar-refractivity contribution is 6.25. The number of hydrogen-bond donors (Lipinski definition) is 0. The van der Waals surface area contributed by atoms with E-state index in [4.69, 9.17) is 4.98 Å². The van der Waals surface area contributed by atoms with Crippen molar-refractivity contribution in [2.24, 2.45) is 12.5 Å². The van der Waals surface area contributed by atoms with Crippen LogP contribution in [0.5, 0.6) is 0 Å². The van der Waals surface area contributed by atoms with E-state index in [0.29, 0.717) is 5.92 Å². The summed E-state index contributed by atoms with van der Waals surface area (Å²) >= 11 is 0. The summed E-state index contributed by atoms with van der Waals surface area (Å²) in [6.07, 6.45) is 3.01. The van der Waals surface area contributed by atoms with Crippen molar-refractivity contribution in [1.29, 1.82) is 0 Å². The molecule has 0 aliphatic rings. The van der Waals surface area contributed by atoms with E-state index in [1.807, 2.05) is 6.33 Å². The number of hydrogen-bond acceptors (Lipinski definition) is 1. The molecule has 3 heteroatoms. The fourth-order valence-electron chi connectivity index (χ4n) is 5.88. The maximum Gasteiger partial charge on any atom is 0.287 e. The van der Waals surface area contributed by atoms with Crippen molar-refractivity contribution < 1.29 is 4.57 Å². The first-order valence-electron chi connectivity index (χ1n) is 12.0. The van der Waals surface area contributed by atoms with Gasteiger partial charge in [0.25, 0.3) is 6.33 Å². The number of pyridine rings is 1. The van der Waals surface area contributed by atoms with E-state index in [0.717, 1.165) is 11.9 Å². The number of nitrogens with zero attached hydrogens (tertiary/aromatic N) is 3. The molecule has 3 heterocycles. The largest absolute Gasteiger partial charge is 0.307 e. The predicted molar refractivity (Wildman–Crippen MR) is 140 cm³/mol. The van der Waals surface area contributed by atoms with Crippen molar-refractivity contribution in [1.82, 2.24) is 9.38 Å². The molecule has 3 aromatic carbocycles. The Balaban J connectivity index is 1.99. The molecule has 0 aliphatic heterocycles. The Labute approximate surface area is 195 Å². The molecule has 166 valence electrons. The monoisotopic (exact) mass is 434 g/mol. The van der Waals surface area contributed by atoms with Crippen molar-refractivity contribution >= 4 is 49.1 Å². The predicted octanol–water partition coefficient (Wildman–Crippen LogP) is 7.23. The van der Waals surface area contributed by atoms with Crippen LogP contribution in [0.4, 0.5) is 0 Å². The number of benzene rings is 3. The van der Waals surface area contributed by atoms with Gasteiger partial charge in [0.2, 0.25) is 0 Å². The minimum absolute atomic E-state index is 0.211. The highest BCUT2D eigenvalue weighted by Gasteiger charge is 2.26. The normalized spacial score (nSPS) is 13.1. The van der Waals surface area contributed by atoms with Crippen LogP contribution < -0.4 is 4.57 Å². The summed E-state index contributed by atoms with van der Waals surface area (Å²) in [6, 6.07) is 16.2. The molecule has 0 N–H and O–H groups in total. The van der Waals surface area contributed by atoms with Gasteiger partial charge in [-0.2, -0.15) is 0 Å². The maximum atomic E-state index is 4.91. The van der Waals surface area contributed by atoms with Crippen LogP contribution in [0.15, 0.2) is 48.8 Å². The second-order valence-corrected chi connectivity index (χ2v) is 11.3. The van der Waals surface area contributed by atoms with Crippen LogP contribution in [0.3, 0.4) is 0 Å². The lowest BCUT2D eigenvalue weighted by atomic mass is 9.87. The molecular weight excluding hydrogens is 402 g/mol. The lowest BCUT2D eigenvalue weighted by molar-refractivity contribution is -0.646. The molecule has 0 saturated carbocycles. The van der Waals surface area contributed by atoms with Crippen LogP contribution >= 0.6 is 0 Å². The number of aryl methyl sites for hydroxylation is 2. The molecule has 0 atom stereocenters. The van der Waals surface area contributed by atoms with Gasteiger partial charge in [0, 0.05) is 16.2 Å². The summed E-state index contributed by atoms with van der Waals surface area (Å²) < 4.78 is 4.77. The maximum absolute atomic E-state index is 4.91. The van der Waals surface area contributed by atoms with Crippen LogP contribution in [-0.2, 0) is 13.5 Å². The lowest BCUT2D eigenvalue weighted by Gasteiger charge is -2.19. The summed E-state index contributed by atoms with van der Waals surface area (Å²) in [4.78, 5) is 4.91. The van der Waals surface area contributed by atoms with Gasteiger partial charge >= 0.3 is 0 Å². The Morgan fingerprint density at radius 2 is 1.73 bits per heavy atom. The van der Waals surface area contributed by atoms with E-state index in [1.165, 1.54) is 60.3 Å². The van der Waals surface area contributed by atoms with Crippen LogP contribution in [-0.4, -0.2) is 9.38 Å². The summed E-state index contributed by atoms with van der Waals surface area (Å²) in [5.41, 5.74) is 10.6. The second-order valence-electron chi connectivity index (χ2n) is 11.3. The SMILES string of the molecule is Cc1ccc2c3cccc(C(C)C)c3n3c4cc(CC(C)(C)C)cc5nc[n+](C)c(c1c23)c54. The van der Waals surface area contributed by atoms with Crippen LogP contribution in [0.2, 0.25) is 0 Å². The molecule has 0 radical (unpaired) electrons. The van der Waals surface area contributed by atoms with Gasteiger partial charge in [-0.15, -0.1) is 0 Å². The first-order valence-corrected chi connectivity index (χ1v) is 12.0. The zero-order valence-corrected chi connectivity index (χ0v) is 20.7. The van der Waals surface area contributed by atoms with Crippen molar-refractivity contribution in [2.45, 2.75) is 53.9 Å². The van der Waals surface area contributed by atoms with Gasteiger partial charge in [-0.25, -0.2) is 4.57 Å². The number of rotatable bonds is 2. The highest BCUT2D eigenvalue weighted by atomic mass is 15.0. The first-order chi connectivity index (χ1) is 15.7. The molecule has 0 saturated heterocycles. The van der Waals surface area contributed by atoms with E-state index in [-0.39, 0.29) is 5.41 Å². The molecule has 3 aromatic heterocycles. The standard InChI is InChI=1S/C30H32N3/c1-17(2)20-9-8-10-21-22-12-11-18(3)25-28(22)33(27(20)21)24-14-19(15-30(4,5)6)13-23-26(24)29(25)32(7)16-31-23/h8-14,16-17H,15H2,1-7H3/q+1.